The number of pyridine rings is 1. The van der Waals surface area contributed by atoms with Gasteiger partial charge >= 0.3 is 0 Å². The molecule has 6 heteroatoms. The second-order valence-corrected chi connectivity index (χ2v) is 8.65. The monoisotopic (exact) mass is 463 g/mol. The fourth-order valence-corrected chi connectivity index (χ4v) is 4.73. The number of ketones is 1. The average Bonchev–Trinajstić information content (AvgIpc) is 3.03. The Bertz CT molecular complexity index is 1360. The van der Waals surface area contributed by atoms with E-state index in [1.807, 2.05) is 12.1 Å². The number of hydrogen-bond acceptors (Lipinski definition) is 3. The summed E-state index contributed by atoms with van der Waals surface area (Å²) in [5.74, 6) is 0.550. The third-order valence-corrected chi connectivity index (χ3v) is 6.62. The number of fused-ring (bicyclic) bond motifs is 2. The molecule has 0 bridgehead atoms. The van der Waals surface area contributed by atoms with Crippen LogP contribution in [0.3, 0.4) is 0 Å². The molecule has 0 amide bonds. The van der Waals surface area contributed by atoms with Crippen LogP contribution in [0.2, 0.25) is 0 Å². The molecule has 0 saturated heterocycles. The zero-order chi connectivity index (χ0) is 22.4. The van der Waals surface area contributed by atoms with Crippen molar-refractivity contribution in [1.29, 1.82) is 0 Å². The minimum atomic E-state index is -0.238. The van der Waals surface area contributed by atoms with Gasteiger partial charge in [0.1, 0.15) is 11.5 Å². The summed E-state index contributed by atoms with van der Waals surface area (Å²) in [5.41, 5.74) is 7.27. The van der Waals surface area contributed by atoms with Gasteiger partial charge in [-0.3, -0.25) is 4.79 Å². The minimum Gasteiger partial charge on any atom is -0.350 e. The van der Waals surface area contributed by atoms with E-state index >= 15 is 0 Å². The minimum absolute atomic E-state index is 0. The Morgan fingerprint density at radius 1 is 1.06 bits per heavy atom. The molecule has 0 atom stereocenters. The molecular weight excluding hydrogens is 437 g/mol. The van der Waals surface area contributed by atoms with Crippen molar-refractivity contribution in [3.63, 3.8) is 0 Å². The van der Waals surface area contributed by atoms with Crippen LogP contribution in [0.1, 0.15) is 45.4 Å². The van der Waals surface area contributed by atoms with E-state index in [9.17, 15) is 9.18 Å². The van der Waals surface area contributed by atoms with Gasteiger partial charge in [-0.25, -0.2) is 9.37 Å². The van der Waals surface area contributed by atoms with Crippen molar-refractivity contribution < 1.29 is 9.18 Å². The van der Waals surface area contributed by atoms with Crippen molar-refractivity contribution in [1.82, 2.24) is 9.55 Å². The summed E-state index contributed by atoms with van der Waals surface area (Å²) in [6.07, 6.45) is 0.937. The maximum Gasteiger partial charge on any atom is 0.178 e. The Balaban J connectivity index is 0.00000259. The van der Waals surface area contributed by atoms with E-state index in [2.05, 4.69) is 47.6 Å². The van der Waals surface area contributed by atoms with Crippen LogP contribution in [0.5, 0.6) is 0 Å². The maximum atomic E-state index is 13.9. The number of benzene rings is 2. The number of aryl methyl sites for hydroxylation is 1. The average molecular weight is 464 g/mol. The molecule has 3 heterocycles. The molecule has 5 rings (SSSR count). The van der Waals surface area contributed by atoms with Gasteiger partial charge in [-0.15, -0.1) is 12.4 Å². The quantitative estimate of drug-likeness (QED) is 0.347. The van der Waals surface area contributed by atoms with Crippen molar-refractivity contribution in [3.8, 4) is 0 Å². The van der Waals surface area contributed by atoms with Crippen LogP contribution < -0.4 is 4.90 Å². The Hall–Kier alpha value is -3.18. The van der Waals surface area contributed by atoms with Crippen molar-refractivity contribution >= 4 is 34.9 Å². The molecule has 33 heavy (non-hydrogen) atoms. The van der Waals surface area contributed by atoms with Crippen LogP contribution in [-0.4, -0.2) is 21.9 Å². The molecule has 4 aromatic rings. The Labute approximate surface area is 199 Å². The lowest BCUT2D eigenvalue weighted by molar-refractivity contribution is 0.101. The molecule has 0 saturated carbocycles. The van der Waals surface area contributed by atoms with Gasteiger partial charge in [0.15, 0.2) is 11.6 Å². The highest BCUT2D eigenvalue weighted by Crippen LogP contribution is 2.35. The Morgan fingerprint density at radius 3 is 2.55 bits per heavy atom. The highest BCUT2D eigenvalue weighted by Gasteiger charge is 2.24. The number of rotatable bonds is 4. The summed E-state index contributed by atoms with van der Waals surface area (Å²) >= 11 is 0. The van der Waals surface area contributed by atoms with E-state index in [1.165, 1.54) is 17.2 Å². The fraction of sp³-hybridized carbons (Fsp3) is 0.259. The van der Waals surface area contributed by atoms with Gasteiger partial charge in [-0.2, -0.15) is 0 Å². The Kier molecular flexibility index (Phi) is 6.26. The first-order chi connectivity index (χ1) is 15.4. The molecule has 2 aromatic heterocycles. The van der Waals surface area contributed by atoms with E-state index < -0.39 is 0 Å². The van der Waals surface area contributed by atoms with E-state index in [0.29, 0.717) is 12.2 Å². The summed E-state index contributed by atoms with van der Waals surface area (Å²) in [6.45, 7) is 7.87. The molecule has 0 fully saturated rings. The SMILES string of the molecule is CC(=O)c1cc2c(C)c(C)n(Cc3cccc(F)c3)c2c(N2CCc3ccccc3C2)n1.Cl. The first-order valence-electron chi connectivity index (χ1n) is 11.0. The van der Waals surface area contributed by atoms with Crippen LogP contribution >= 0.6 is 12.4 Å². The third-order valence-electron chi connectivity index (χ3n) is 6.62. The summed E-state index contributed by atoms with van der Waals surface area (Å²) in [5, 5.41) is 1.04. The number of carbonyl (C=O) groups excluding carboxylic acids is 1. The predicted molar refractivity (Wildman–Crippen MR) is 133 cm³/mol. The summed E-state index contributed by atoms with van der Waals surface area (Å²) < 4.78 is 16.1. The van der Waals surface area contributed by atoms with Gasteiger partial charge in [0.05, 0.1) is 5.52 Å². The van der Waals surface area contributed by atoms with Gasteiger partial charge in [-0.1, -0.05) is 36.4 Å². The summed E-state index contributed by atoms with van der Waals surface area (Å²) in [7, 11) is 0. The van der Waals surface area contributed by atoms with Gasteiger partial charge in [0.2, 0.25) is 0 Å². The Morgan fingerprint density at radius 2 is 1.82 bits per heavy atom. The molecule has 2 aromatic carbocycles. The lowest BCUT2D eigenvalue weighted by Crippen LogP contribution is -2.31. The van der Waals surface area contributed by atoms with Crippen LogP contribution in [0.25, 0.3) is 10.9 Å². The topological polar surface area (TPSA) is 38.1 Å². The predicted octanol–water partition coefficient (Wildman–Crippen LogP) is 6.03. The van der Waals surface area contributed by atoms with Gasteiger partial charge in [0, 0.05) is 37.6 Å². The molecule has 1 aliphatic heterocycles. The highest BCUT2D eigenvalue weighted by molar-refractivity contribution is 6.01. The normalized spacial score (nSPS) is 13.0. The number of Topliss-reactive ketones (excluding diaryl/α,β-unsaturated/α-hetero) is 1. The van der Waals surface area contributed by atoms with Gasteiger partial charge in [0.25, 0.3) is 0 Å². The second kappa shape index (κ2) is 8.99. The molecule has 0 spiro atoms. The molecule has 0 N–H and O–H groups in total. The zero-order valence-electron chi connectivity index (χ0n) is 19.1. The van der Waals surface area contributed by atoms with E-state index in [0.717, 1.165) is 53.1 Å². The maximum absolute atomic E-state index is 13.9. The molecule has 0 aliphatic carbocycles. The van der Waals surface area contributed by atoms with Gasteiger partial charge in [-0.05, 0) is 60.7 Å². The van der Waals surface area contributed by atoms with E-state index in [1.54, 1.807) is 19.1 Å². The molecule has 0 radical (unpaired) electrons. The fourth-order valence-electron chi connectivity index (χ4n) is 4.73. The highest BCUT2D eigenvalue weighted by atomic mass is 35.5. The first-order valence-corrected chi connectivity index (χ1v) is 11.0. The summed E-state index contributed by atoms with van der Waals surface area (Å²) in [4.78, 5) is 19.5. The number of aromatic nitrogens is 2. The molecular formula is C27H27ClFN3O. The molecule has 4 nitrogen and oxygen atoms in total. The van der Waals surface area contributed by atoms with Crippen LogP contribution in [0, 0.1) is 19.7 Å². The largest absolute Gasteiger partial charge is 0.350 e. The first kappa shape index (κ1) is 23.0. The van der Waals surface area contributed by atoms with Crippen LogP contribution in [0.15, 0.2) is 54.6 Å². The molecule has 0 unspecified atom stereocenters. The number of anilines is 1. The van der Waals surface area contributed by atoms with E-state index in [4.69, 9.17) is 4.98 Å². The van der Waals surface area contributed by atoms with Crippen molar-refractivity contribution in [3.05, 3.63) is 94.1 Å². The van der Waals surface area contributed by atoms with Gasteiger partial charge < -0.3 is 9.47 Å². The van der Waals surface area contributed by atoms with Crippen molar-refractivity contribution in [2.45, 2.75) is 40.3 Å². The second-order valence-electron chi connectivity index (χ2n) is 8.65. The number of hydrogen-bond donors (Lipinski definition) is 0. The number of nitrogens with zero attached hydrogens (tertiary/aromatic N) is 3. The standard InChI is InChI=1S/C27H26FN3O.ClH/c1-17-18(2)31(15-20-7-6-10-23(28)13-20)26-24(17)14-25(19(3)32)29-27(26)30-12-11-21-8-4-5-9-22(21)16-30;/h4-10,13-14H,11-12,15-16H2,1-3H3;1H. The lowest BCUT2D eigenvalue weighted by Gasteiger charge is -2.31. The number of halogens is 2. The molecule has 170 valence electrons. The third kappa shape index (κ3) is 4.13. The van der Waals surface area contributed by atoms with Crippen molar-refractivity contribution in [2.24, 2.45) is 0 Å². The number of carbonyl (C=O) groups is 1. The lowest BCUT2D eigenvalue weighted by atomic mass is 9.99. The van der Waals surface area contributed by atoms with E-state index in [-0.39, 0.29) is 24.0 Å². The van der Waals surface area contributed by atoms with Crippen LogP contribution in [0.4, 0.5) is 10.2 Å². The van der Waals surface area contributed by atoms with Crippen LogP contribution in [-0.2, 0) is 19.5 Å². The summed E-state index contributed by atoms with van der Waals surface area (Å²) in [6, 6.07) is 17.1. The molecule has 1 aliphatic rings. The smallest absolute Gasteiger partial charge is 0.178 e. The van der Waals surface area contributed by atoms with Crippen molar-refractivity contribution in [2.75, 3.05) is 11.4 Å². The zero-order valence-corrected chi connectivity index (χ0v) is 19.9.